The van der Waals surface area contributed by atoms with Gasteiger partial charge in [-0.25, -0.2) is 17.9 Å². The molecular formula is C13H23ClN4O4S. The van der Waals surface area contributed by atoms with Gasteiger partial charge in [0.25, 0.3) is 5.56 Å². The second kappa shape index (κ2) is 7.16. The molecule has 1 saturated carbocycles. The maximum atomic E-state index is 12.4. The molecule has 1 aromatic rings. The summed E-state index contributed by atoms with van der Waals surface area (Å²) in [7, 11) is -1.37. The predicted octanol–water partition coefficient (Wildman–Crippen LogP) is -0.554. The first-order valence-electron chi connectivity index (χ1n) is 7.21. The van der Waals surface area contributed by atoms with E-state index in [4.69, 9.17) is 5.73 Å². The molecule has 23 heavy (non-hydrogen) atoms. The van der Waals surface area contributed by atoms with Gasteiger partial charge in [0.1, 0.15) is 0 Å². The van der Waals surface area contributed by atoms with Crippen LogP contribution in [0.2, 0.25) is 0 Å². The number of aryl methyl sites for hydroxylation is 1. The third-order valence-corrected chi connectivity index (χ3v) is 5.55. The van der Waals surface area contributed by atoms with E-state index < -0.39 is 31.7 Å². The van der Waals surface area contributed by atoms with Crippen molar-refractivity contribution >= 4 is 22.4 Å². The molecule has 132 valence electrons. The number of hydrogen-bond acceptors (Lipinski definition) is 5. The Bertz CT molecular complexity index is 778. The molecule has 8 nitrogen and oxygen atoms in total. The van der Waals surface area contributed by atoms with E-state index in [0.717, 1.165) is 47.4 Å². The topological polar surface area (TPSA) is 116 Å². The number of aromatic nitrogens is 2. The van der Waals surface area contributed by atoms with Crippen LogP contribution in [-0.4, -0.2) is 29.6 Å². The molecule has 0 radical (unpaired) electrons. The van der Waals surface area contributed by atoms with Gasteiger partial charge >= 0.3 is 5.69 Å². The van der Waals surface area contributed by atoms with Gasteiger partial charge in [0.15, 0.2) is 4.90 Å². The van der Waals surface area contributed by atoms with Crippen molar-refractivity contribution in [3.05, 3.63) is 27.0 Å². The van der Waals surface area contributed by atoms with E-state index in [1.807, 2.05) is 0 Å². The van der Waals surface area contributed by atoms with Gasteiger partial charge in [-0.1, -0.05) is 19.3 Å². The Morgan fingerprint density at radius 1 is 1.22 bits per heavy atom. The summed E-state index contributed by atoms with van der Waals surface area (Å²) in [5.74, 6) is 0. The van der Waals surface area contributed by atoms with Crippen LogP contribution in [0.4, 0.5) is 0 Å². The SMILES string of the molecule is Cl.Cn1cc(S(=O)(=O)NCC2(N)CCCCC2)c(=O)n(C)c1=O. The van der Waals surface area contributed by atoms with E-state index in [-0.39, 0.29) is 19.0 Å². The monoisotopic (exact) mass is 366 g/mol. The molecule has 0 spiro atoms. The summed E-state index contributed by atoms with van der Waals surface area (Å²) in [4.78, 5) is 23.2. The Balaban J connectivity index is 0.00000264. The van der Waals surface area contributed by atoms with Crippen LogP contribution in [0.25, 0.3) is 0 Å². The molecule has 1 fully saturated rings. The quantitative estimate of drug-likeness (QED) is 0.741. The van der Waals surface area contributed by atoms with Crippen molar-refractivity contribution in [2.75, 3.05) is 6.54 Å². The summed E-state index contributed by atoms with van der Waals surface area (Å²) < 4.78 is 29.0. The first kappa shape index (κ1) is 19.9. The summed E-state index contributed by atoms with van der Waals surface area (Å²) in [6, 6.07) is 0. The Labute approximate surface area is 141 Å². The fourth-order valence-corrected chi connectivity index (χ4v) is 4.01. The van der Waals surface area contributed by atoms with Gasteiger partial charge in [-0.05, 0) is 12.8 Å². The Hall–Kier alpha value is -1.16. The summed E-state index contributed by atoms with van der Waals surface area (Å²) in [6.45, 7) is 0.0847. The maximum Gasteiger partial charge on any atom is 0.330 e. The van der Waals surface area contributed by atoms with Crippen LogP contribution in [0, 0.1) is 0 Å². The molecule has 0 aromatic carbocycles. The molecule has 0 unspecified atom stereocenters. The predicted molar refractivity (Wildman–Crippen MR) is 89.4 cm³/mol. The van der Waals surface area contributed by atoms with E-state index in [9.17, 15) is 18.0 Å². The lowest BCUT2D eigenvalue weighted by molar-refractivity contribution is 0.296. The molecular weight excluding hydrogens is 344 g/mol. The fraction of sp³-hybridized carbons (Fsp3) is 0.692. The smallest absolute Gasteiger partial charge is 0.324 e. The molecule has 1 aromatic heterocycles. The molecule has 10 heteroatoms. The molecule has 0 atom stereocenters. The molecule has 0 saturated heterocycles. The van der Waals surface area contributed by atoms with Crippen molar-refractivity contribution in [1.82, 2.24) is 13.9 Å². The van der Waals surface area contributed by atoms with Gasteiger partial charge in [0, 0.05) is 32.4 Å². The van der Waals surface area contributed by atoms with Gasteiger partial charge in [0.05, 0.1) is 0 Å². The van der Waals surface area contributed by atoms with Gasteiger partial charge < -0.3 is 10.3 Å². The van der Waals surface area contributed by atoms with Crippen LogP contribution in [-0.2, 0) is 24.1 Å². The highest BCUT2D eigenvalue weighted by atomic mass is 35.5. The molecule has 0 amide bonds. The van der Waals surface area contributed by atoms with Crippen LogP contribution in [0.15, 0.2) is 20.7 Å². The maximum absolute atomic E-state index is 12.4. The minimum atomic E-state index is -4.01. The zero-order chi connectivity index (χ0) is 16.5. The van der Waals surface area contributed by atoms with Crippen molar-refractivity contribution in [3.8, 4) is 0 Å². The first-order chi connectivity index (χ1) is 10.2. The van der Waals surface area contributed by atoms with Crippen molar-refractivity contribution < 1.29 is 8.42 Å². The number of hydrogen-bond donors (Lipinski definition) is 2. The lowest BCUT2D eigenvalue weighted by Gasteiger charge is -2.33. The van der Waals surface area contributed by atoms with Crippen LogP contribution in [0.5, 0.6) is 0 Å². The minimum Gasteiger partial charge on any atom is -0.324 e. The van der Waals surface area contributed by atoms with E-state index in [0.29, 0.717) is 0 Å². The summed E-state index contributed by atoms with van der Waals surface area (Å²) in [5.41, 5.74) is 4.21. The number of sulfonamides is 1. The third kappa shape index (κ3) is 4.23. The standard InChI is InChI=1S/C13H22N4O4S.ClH/c1-16-8-10(11(18)17(2)12(16)19)22(20,21)15-9-13(14)6-4-3-5-7-13;/h8,15H,3-7,9,14H2,1-2H3;1H. The summed E-state index contributed by atoms with van der Waals surface area (Å²) in [6.07, 6.45) is 5.59. The van der Waals surface area contributed by atoms with E-state index >= 15 is 0 Å². The fourth-order valence-electron chi connectivity index (χ4n) is 2.71. The molecule has 1 aliphatic rings. The highest BCUT2D eigenvalue weighted by Gasteiger charge is 2.30. The number of rotatable bonds is 4. The van der Waals surface area contributed by atoms with Crippen LogP contribution in [0.3, 0.4) is 0 Å². The molecule has 3 N–H and O–H groups in total. The van der Waals surface area contributed by atoms with Gasteiger partial charge in [-0.3, -0.25) is 9.36 Å². The normalized spacial score (nSPS) is 17.5. The second-order valence-corrected chi connectivity index (χ2v) is 7.73. The highest BCUT2D eigenvalue weighted by Crippen LogP contribution is 2.25. The average Bonchev–Trinajstić information content (AvgIpc) is 2.48. The molecule has 0 bridgehead atoms. The Kier molecular flexibility index (Phi) is 6.19. The zero-order valence-electron chi connectivity index (χ0n) is 13.2. The number of halogens is 1. The van der Waals surface area contributed by atoms with E-state index in [1.165, 1.54) is 14.1 Å². The summed E-state index contributed by atoms with van der Waals surface area (Å²) >= 11 is 0. The number of nitrogens with zero attached hydrogens (tertiary/aromatic N) is 2. The minimum absolute atomic E-state index is 0. The largest absolute Gasteiger partial charge is 0.330 e. The van der Waals surface area contributed by atoms with Crippen molar-refractivity contribution in [1.29, 1.82) is 0 Å². The Morgan fingerprint density at radius 3 is 2.35 bits per heavy atom. The van der Waals surface area contributed by atoms with E-state index in [2.05, 4.69) is 4.72 Å². The average molecular weight is 367 g/mol. The second-order valence-electron chi connectivity index (χ2n) is 6.00. The summed E-state index contributed by atoms with van der Waals surface area (Å²) in [5, 5.41) is 0. The zero-order valence-corrected chi connectivity index (χ0v) is 14.9. The van der Waals surface area contributed by atoms with Crippen LogP contribution in [0.1, 0.15) is 32.1 Å². The van der Waals surface area contributed by atoms with Gasteiger partial charge in [-0.2, -0.15) is 0 Å². The van der Waals surface area contributed by atoms with Crippen LogP contribution >= 0.6 is 12.4 Å². The molecule has 1 aliphatic carbocycles. The number of nitrogens with two attached hydrogens (primary N) is 1. The molecule has 2 rings (SSSR count). The van der Waals surface area contributed by atoms with Gasteiger partial charge in [-0.15, -0.1) is 12.4 Å². The van der Waals surface area contributed by atoms with Gasteiger partial charge in [0.2, 0.25) is 10.0 Å². The molecule has 0 aliphatic heterocycles. The van der Waals surface area contributed by atoms with Crippen molar-refractivity contribution in [3.63, 3.8) is 0 Å². The van der Waals surface area contributed by atoms with Crippen molar-refractivity contribution in [2.24, 2.45) is 19.8 Å². The third-order valence-electron chi connectivity index (χ3n) is 4.17. The number of nitrogens with one attached hydrogen (secondary N) is 1. The first-order valence-corrected chi connectivity index (χ1v) is 8.70. The lowest BCUT2D eigenvalue weighted by Crippen LogP contribution is -2.52. The highest BCUT2D eigenvalue weighted by molar-refractivity contribution is 7.89. The van der Waals surface area contributed by atoms with E-state index in [1.54, 1.807) is 0 Å². The Morgan fingerprint density at radius 2 is 1.78 bits per heavy atom. The lowest BCUT2D eigenvalue weighted by atomic mass is 9.83. The van der Waals surface area contributed by atoms with Crippen molar-refractivity contribution in [2.45, 2.75) is 42.5 Å². The van der Waals surface area contributed by atoms with Crippen LogP contribution < -0.4 is 21.7 Å². The molecule has 1 heterocycles.